The number of nitrogen functional groups attached to an aromatic ring is 1. The highest BCUT2D eigenvalue weighted by Crippen LogP contribution is 2.33. The average molecular weight is 1300 g/mol. The number of pyridine rings is 2. The molecule has 1 saturated carbocycles. The molecule has 0 bridgehead atoms. The van der Waals surface area contributed by atoms with E-state index in [0.29, 0.717) is 35.8 Å². The number of hydrogen-bond donors (Lipinski definition) is 5. The van der Waals surface area contributed by atoms with Crippen LogP contribution in [0.1, 0.15) is 251 Å². The van der Waals surface area contributed by atoms with Gasteiger partial charge in [-0.05, 0) is 120 Å². The molecule has 0 unspecified atom stereocenters. The third-order valence-electron chi connectivity index (χ3n) is 12.2. The normalized spacial score (nSPS) is 12.8. The van der Waals surface area contributed by atoms with E-state index in [-0.39, 0.29) is 38.0 Å². The van der Waals surface area contributed by atoms with Crippen molar-refractivity contribution in [2.45, 2.75) is 282 Å². The van der Waals surface area contributed by atoms with Gasteiger partial charge < -0.3 is 35.6 Å². The van der Waals surface area contributed by atoms with Crippen LogP contribution in [0.25, 0.3) is 0 Å². The van der Waals surface area contributed by atoms with Crippen molar-refractivity contribution in [1.82, 2.24) is 39.7 Å². The maximum absolute atomic E-state index is 11.6. The van der Waals surface area contributed by atoms with Gasteiger partial charge in [0, 0.05) is 95.6 Å². The Bertz CT molecular complexity index is 3150. The summed E-state index contributed by atoms with van der Waals surface area (Å²) in [7, 11) is 1.64. The lowest BCUT2D eigenvalue weighted by molar-refractivity contribution is 0.0635. The minimum atomic E-state index is -0.508. The Labute approximate surface area is 555 Å². The van der Waals surface area contributed by atoms with Crippen LogP contribution in [0.3, 0.4) is 0 Å². The van der Waals surface area contributed by atoms with Gasteiger partial charge in [-0.25, -0.2) is 29.7 Å². The van der Waals surface area contributed by atoms with Crippen LogP contribution >= 0.6 is 34.0 Å². The first-order chi connectivity index (χ1) is 40.9. The van der Waals surface area contributed by atoms with Crippen molar-refractivity contribution >= 4 is 68.7 Å². The molecule has 6 N–H and O–H groups in total. The first-order valence-corrected chi connectivity index (χ1v) is 33.9. The highest BCUT2D eigenvalue weighted by Gasteiger charge is 2.26. The van der Waals surface area contributed by atoms with E-state index in [1.54, 1.807) is 59.5 Å². The van der Waals surface area contributed by atoms with Crippen molar-refractivity contribution in [1.29, 1.82) is 0 Å². The van der Waals surface area contributed by atoms with Gasteiger partial charge in [0.1, 0.15) is 29.3 Å². The Morgan fingerprint density at radius 2 is 1.16 bits per heavy atom. The number of carbonyl (C=O) groups is 1. The number of thiazole rings is 3. The SMILES string of the molecule is CC(C)(C)OC(=O)Nc1cccc(C(C)(C)C)n1.CC(C)(C)c1cccc(N)n1.CC(C)(C)c1coc(NC2CC2)n1.CC(C)Nc1ccn(C(C)(C)C)n1.COc1nc(C(C)(C)C)cs1.Cc1csc(C(C)(C)C)n1.Cc1sc(NC(C)C)nc1C(C)(C)C. The molecule has 0 aromatic carbocycles. The van der Waals surface area contributed by atoms with Crippen LogP contribution < -0.4 is 31.7 Å². The third-order valence-corrected chi connectivity index (χ3v) is 15.3. The van der Waals surface area contributed by atoms with Gasteiger partial charge in [0.05, 0.1) is 34.7 Å². The van der Waals surface area contributed by atoms with Crippen LogP contribution in [0, 0.1) is 13.8 Å². The molecular formula is C70H117N13O4S3. The van der Waals surface area contributed by atoms with Gasteiger partial charge in [0.2, 0.25) is 0 Å². The summed E-state index contributed by atoms with van der Waals surface area (Å²) in [5.41, 5.74) is 12.1. The number of oxazole rings is 1. The molecule has 17 nitrogen and oxygen atoms in total. The molecule has 1 fully saturated rings. The number of aryl methyl sites for hydroxylation is 2. The molecule has 0 spiro atoms. The fourth-order valence-corrected chi connectivity index (χ4v) is 10.1. The van der Waals surface area contributed by atoms with Gasteiger partial charge in [-0.3, -0.25) is 10.00 Å². The minimum absolute atomic E-state index is 0.0500. The van der Waals surface area contributed by atoms with Crippen LogP contribution in [0.15, 0.2) is 70.1 Å². The molecule has 8 rings (SSSR count). The summed E-state index contributed by atoms with van der Waals surface area (Å²) >= 11 is 5.04. The second kappa shape index (κ2) is 33.5. The van der Waals surface area contributed by atoms with Crippen molar-refractivity contribution in [2.24, 2.45) is 0 Å². The number of nitrogens with one attached hydrogen (secondary N) is 4. The van der Waals surface area contributed by atoms with E-state index in [0.717, 1.165) is 44.6 Å². The molecule has 0 atom stereocenters. The largest absolute Gasteiger partial charge is 0.473 e. The number of methoxy groups -OCH3 is 1. The summed E-state index contributed by atoms with van der Waals surface area (Å²) in [5.74, 6) is 2.05. The number of carbonyl (C=O) groups excluding carboxylic acids is 1. The highest BCUT2D eigenvalue weighted by atomic mass is 32.1. The lowest BCUT2D eigenvalue weighted by atomic mass is 9.92. The number of hydrogen-bond acceptors (Lipinski definition) is 18. The molecule has 0 radical (unpaired) electrons. The maximum Gasteiger partial charge on any atom is 0.413 e. The average Bonchev–Trinajstić information content (AvgIpc) is 3.68. The monoisotopic (exact) mass is 1300 g/mol. The predicted molar refractivity (Wildman–Crippen MR) is 385 cm³/mol. The Morgan fingerprint density at radius 3 is 1.52 bits per heavy atom. The lowest BCUT2D eigenvalue weighted by Gasteiger charge is -2.21. The van der Waals surface area contributed by atoms with Crippen molar-refractivity contribution in [3.05, 3.63) is 110 Å². The highest BCUT2D eigenvalue weighted by molar-refractivity contribution is 7.15. The number of aromatic nitrogens is 8. The van der Waals surface area contributed by atoms with Crippen molar-refractivity contribution in [3.63, 3.8) is 0 Å². The Balaban J connectivity index is 0.000000360. The van der Waals surface area contributed by atoms with Gasteiger partial charge in [-0.1, -0.05) is 148 Å². The molecule has 1 aliphatic rings. The van der Waals surface area contributed by atoms with Gasteiger partial charge in [-0.15, -0.1) is 22.7 Å². The van der Waals surface area contributed by atoms with Crippen molar-refractivity contribution < 1.29 is 18.7 Å². The van der Waals surface area contributed by atoms with Crippen molar-refractivity contribution in [3.8, 4) is 5.19 Å². The van der Waals surface area contributed by atoms with Gasteiger partial charge >= 0.3 is 6.09 Å². The molecule has 20 heteroatoms. The molecule has 7 heterocycles. The van der Waals surface area contributed by atoms with Gasteiger partial charge in [0.15, 0.2) is 5.13 Å². The van der Waals surface area contributed by atoms with Crippen LogP contribution in [-0.2, 0) is 42.8 Å². The van der Waals surface area contributed by atoms with E-state index in [9.17, 15) is 4.79 Å². The lowest BCUT2D eigenvalue weighted by Crippen LogP contribution is -2.27. The first-order valence-electron chi connectivity index (χ1n) is 31.3. The van der Waals surface area contributed by atoms with Crippen LogP contribution in [0.5, 0.6) is 5.19 Å². The molecule has 7 aromatic rings. The fourth-order valence-electron chi connectivity index (χ4n) is 7.15. The standard InChI is InChI=1S/C14H22N2O2.C11H20N2S.C10H19N3.C10H16N2O.C9H14N2.C8H13NOS.C8H13NS/c1-13(2,3)10-8-7-9-11(15-10)16-12(17)18-14(4,5)6;1-7(2)12-10-13-9(8(3)14-10)11(4,5)6;1-8(2)11-9-6-7-13(12-9)10(3,4)5;1-10(2,3)8-6-13-9(12-8)11-7-4-5-7;1-9(2,3)7-5-4-6-8(10)11-7;1-8(2,3)6-5-11-7(9-6)10-4;1-6-5-10-7(9-6)8(2,3)4/h7-9H,1-6H3,(H,15,16,17);7H,1-6H3,(H,12,13);6-8H,1-5H3,(H,11,12);6-7H,4-5H2,1-3H3,(H,11,12);4-6H,1-3H3,(H2,10,11);5H,1-4H3;5H,1-4H3. The molecule has 0 saturated heterocycles. The van der Waals surface area contributed by atoms with E-state index in [2.05, 4.69) is 242 Å². The topological polar surface area (TPSA) is 218 Å². The number of nitrogens with two attached hydrogens (primary N) is 1. The molecular weight excluding hydrogens is 1180 g/mol. The summed E-state index contributed by atoms with van der Waals surface area (Å²) in [4.78, 5) is 39.3. The van der Waals surface area contributed by atoms with Crippen LogP contribution in [0.2, 0.25) is 0 Å². The number of nitrogens with zero attached hydrogens (tertiary/aromatic N) is 8. The zero-order valence-corrected chi connectivity index (χ0v) is 63.5. The summed E-state index contributed by atoms with van der Waals surface area (Å²) in [5, 5.41) is 24.1. The maximum atomic E-state index is 11.6. The summed E-state index contributed by atoms with van der Waals surface area (Å²) < 4.78 is 17.5. The van der Waals surface area contributed by atoms with E-state index in [4.69, 9.17) is 19.6 Å². The van der Waals surface area contributed by atoms with E-state index in [1.165, 1.54) is 28.4 Å². The number of rotatable bonds is 8. The van der Waals surface area contributed by atoms with Crippen molar-refractivity contribution in [2.75, 3.05) is 34.1 Å². The Hall–Kier alpha value is -6.12. The van der Waals surface area contributed by atoms with Crippen LogP contribution in [0.4, 0.5) is 33.4 Å². The van der Waals surface area contributed by atoms with Gasteiger partial charge in [0.25, 0.3) is 11.2 Å². The summed E-state index contributed by atoms with van der Waals surface area (Å²) in [6, 6.07) is 15.5. The van der Waals surface area contributed by atoms with E-state index < -0.39 is 11.7 Å². The molecule has 1 aliphatic carbocycles. The van der Waals surface area contributed by atoms with Gasteiger partial charge in [-0.2, -0.15) is 10.1 Å². The zero-order valence-electron chi connectivity index (χ0n) is 61.0. The number of amides is 1. The zero-order chi connectivity index (χ0) is 69.2. The molecule has 504 valence electrons. The first kappa shape index (κ1) is 80.0. The Kier molecular flexibility index (Phi) is 29.7. The Morgan fingerprint density at radius 1 is 0.611 bits per heavy atom. The smallest absolute Gasteiger partial charge is 0.413 e. The van der Waals surface area contributed by atoms with E-state index >= 15 is 0 Å². The third kappa shape index (κ3) is 31.8. The summed E-state index contributed by atoms with van der Waals surface area (Å²) in [6.07, 6.45) is 5.75. The molecule has 0 aliphatic heterocycles. The number of anilines is 5. The molecule has 90 heavy (non-hydrogen) atoms. The fraction of sp³-hybridized carbons (Fsp3) is 0.629. The quantitative estimate of drug-likeness (QED) is 0.0956. The summed E-state index contributed by atoms with van der Waals surface area (Å²) in [6.45, 7) is 63.1. The van der Waals surface area contributed by atoms with E-state index in [1.807, 2.05) is 74.3 Å². The molecule has 7 aromatic heterocycles. The predicted octanol–water partition coefficient (Wildman–Crippen LogP) is 19.5. The molecule has 1 amide bonds. The second-order valence-electron chi connectivity index (χ2n) is 31.3. The second-order valence-corrected chi connectivity index (χ2v) is 34.2. The van der Waals surface area contributed by atoms with Crippen LogP contribution in [-0.4, -0.2) is 76.6 Å². The minimum Gasteiger partial charge on any atom is -0.473 e. The number of ether oxygens (including phenoxy) is 2.